The Morgan fingerprint density at radius 1 is 1.00 bits per heavy atom. The monoisotopic (exact) mass is 291 g/mol. The van der Waals surface area contributed by atoms with Gasteiger partial charge in [0.15, 0.2) is 0 Å². The maximum atomic E-state index is 6.21. The summed E-state index contributed by atoms with van der Waals surface area (Å²) < 4.78 is 5.93. The van der Waals surface area contributed by atoms with Gasteiger partial charge in [-0.3, -0.25) is 0 Å². The SMILES string of the molecule is CCN(CC)CCCOc1ccc(Cl)c2ccccc12. The van der Waals surface area contributed by atoms with Crippen LogP contribution in [0.2, 0.25) is 5.02 Å². The van der Waals surface area contributed by atoms with E-state index in [0.717, 1.165) is 54.2 Å². The van der Waals surface area contributed by atoms with Crippen molar-refractivity contribution >= 4 is 22.4 Å². The van der Waals surface area contributed by atoms with Crippen LogP contribution >= 0.6 is 11.6 Å². The van der Waals surface area contributed by atoms with E-state index < -0.39 is 0 Å². The molecule has 0 saturated heterocycles. The Balaban J connectivity index is 1.98. The lowest BCUT2D eigenvalue weighted by Crippen LogP contribution is -2.25. The highest BCUT2D eigenvalue weighted by Gasteiger charge is 2.05. The van der Waals surface area contributed by atoms with Gasteiger partial charge in [-0.1, -0.05) is 49.7 Å². The molecule has 0 spiro atoms. The van der Waals surface area contributed by atoms with Gasteiger partial charge in [-0.15, -0.1) is 0 Å². The number of nitrogens with zero attached hydrogens (tertiary/aromatic N) is 1. The molecule has 0 atom stereocenters. The van der Waals surface area contributed by atoms with Gasteiger partial charge in [0.2, 0.25) is 0 Å². The van der Waals surface area contributed by atoms with Crippen LogP contribution in [0.4, 0.5) is 0 Å². The second-order valence-corrected chi connectivity index (χ2v) is 5.23. The van der Waals surface area contributed by atoms with Gasteiger partial charge in [-0.05, 0) is 31.6 Å². The fraction of sp³-hybridized carbons (Fsp3) is 0.412. The van der Waals surface area contributed by atoms with Gasteiger partial charge in [0.1, 0.15) is 5.75 Å². The summed E-state index contributed by atoms with van der Waals surface area (Å²) in [6, 6.07) is 12.0. The van der Waals surface area contributed by atoms with Gasteiger partial charge in [-0.25, -0.2) is 0 Å². The second-order valence-electron chi connectivity index (χ2n) is 4.82. The highest BCUT2D eigenvalue weighted by molar-refractivity contribution is 6.35. The minimum atomic E-state index is 0.738. The maximum absolute atomic E-state index is 6.21. The molecule has 2 nitrogen and oxygen atoms in total. The Labute approximate surface area is 126 Å². The largest absolute Gasteiger partial charge is 0.493 e. The van der Waals surface area contributed by atoms with Crippen molar-refractivity contribution in [2.45, 2.75) is 20.3 Å². The fourth-order valence-corrected chi connectivity index (χ4v) is 2.60. The molecule has 20 heavy (non-hydrogen) atoms. The van der Waals surface area contributed by atoms with Crippen molar-refractivity contribution in [1.29, 1.82) is 0 Å². The molecule has 2 aromatic carbocycles. The first-order valence-corrected chi connectivity index (χ1v) is 7.66. The average Bonchev–Trinajstić information content (AvgIpc) is 2.50. The lowest BCUT2D eigenvalue weighted by Gasteiger charge is -2.18. The number of halogens is 1. The molecule has 3 heteroatoms. The van der Waals surface area contributed by atoms with E-state index >= 15 is 0 Å². The highest BCUT2D eigenvalue weighted by Crippen LogP contribution is 2.31. The van der Waals surface area contributed by atoms with Crippen molar-refractivity contribution in [2.24, 2.45) is 0 Å². The van der Waals surface area contributed by atoms with E-state index in [-0.39, 0.29) is 0 Å². The standard InChI is InChI=1S/C17H22ClNO/c1-3-19(4-2)12-7-13-20-17-11-10-16(18)14-8-5-6-9-15(14)17/h5-6,8-11H,3-4,7,12-13H2,1-2H3. The van der Waals surface area contributed by atoms with Gasteiger partial charge in [-0.2, -0.15) is 0 Å². The van der Waals surface area contributed by atoms with Gasteiger partial charge >= 0.3 is 0 Å². The summed E-state index contributed by atoms with van der Waals surface area (Å²) in [5.74, 6) is 0.921. The number of rotatable bonds is 7. The number of hydrogen-bond donors (Lipinski definition) is 0. The van der Waals surface area contributed by atoms with Crippen molar-refractivity contribution in [1.82, 2.24) is 4.90 Å². The summed E-state index contributed by atoms with van der Waals surface area (Å²) >= 11 is 6.21. The molecule has 2 rings (SSSR count). The lowest BCUT2D eigenvalue weighted by molar-refractivity contribution is 0.250. The molecule has 0 N–H and O–H groups in total. The molecular weight excluding hydrogens is 270 g/mol. The zero-order valence-corrected chi connectivity index (χ0v) is 13.0. The van der Waals surface area contributed by atoms with E-state index in [2.05, 4.69) is 24.8 Å². The second kappa shape index (κ2) is 7.51. The Morgan fingerprint density at radius 2 is 1.70 bits per heavy atom. The first kappa shape index (κ1) is 15.1. The van der Waals surface area contributed by atoms with Crippen LogP contribution in [-0.2, 0) is 0 Å². The summed E-state index contributed by atoms with van der Waals surface area (Å²) in [6.07, 6.45) is 1.04. The summed E-state index contributed by atoms with van der Waals surface area (Å²) in [7, 11) is 0. The Kier molecular flexibility index (Phi) is 5.69. The van der Waals surface area contributed by atoms with Gasteiger partial charge < -0.3 is 9.64 Å². The van der Waals surface area contributed by atoms with E-state index in [0.29, 0.717) is 0 Å². The van der Waals surface area contributed by atoms with Crippen LogP contribution in [0.5, 0.6) is 5.75 Å². The quantitative estimate of drug-likeness (QED) is 0.691. The van der Waals surface area contributed by atoms with Crippen LogP contribution in [0, 0.1) is 0 Å². The molecule has 0 aliphatic heterocycles. The van der Waals surface area contributed by atoms with E-state index in [1.807, 2.05) is 30.3 Å². The smallest absolute Gasteiger partial charge is 0.127 e. The molecular formula is C17H22ClNO. The number of fused-ring (bicyclic) bond motifs is 1. The average molecular weight is 292 g/mol. The third kappa shape index (κ3) is 3.65. The van der Waals surface area contributed by atoms with E-state index in [9.17, 15) is 0 Å². The molecule has 0 radical (unpaired) electrons. The van der Waals surface area contributed by atoms with Crippen molar-refractivity contribution < 1.29 is 4.74 Å². The molecule has 0 unspecified atom stereocenters. The van der Waals surface area contributed by atoms with Gasteiger partial charge in [0.25, 0.3) is 0 Å². The van der Waals surface area contributed by atoms with Crippen molar-refractivity contribution in [3.05, 3.63) is 41.4 Å². The molecule has 0 saturated carbocycles. The highest BCUT2D eigenvalue weighted by atomic mass is 35.5. The van der Waals surface area contributed by atoms with Crippen LogP contribution in [0.1, 0.15) is 20.3 Å². The normalized spacial score (nSPS) is 11.2. The first-order valence-electron chi connectivity index (χ1n) is 7.28. The molecule has 0 aromatic heterocycles. The zero-order valence-electron chi connectivity index (χ0n) is 12.2. The molecule has 0 amide bonds. The number of hydrogen-bond acceptors (Lipinski definition) is 2. The van der Waals surface area contributed by atoms with Crippen LogP contribution < -0.4 is 4.74 Å². The van der Waals surface area contributed by atoms with Gasteiger partial charge in [0, 0.05) is 22.3 Å². The molecule has 0 aliphatic carbocycles. The van der Waals surface area contributed by atoms with Crippen LogP contribution in [-0.4, -0.2) is 31.1 Å². The van der Waals surface area contributed by atoms with Crippen LogP contribution in [0.15, 0.2) is 36.4 Å². The molecule has 0 fully saturated rings. The molecule has 0 bridgehead atoms. The third-order valence-corrected chi connectivity index (χ3v) is 3.93. The summed E-state index contributed by atoms with van der Waals surface area (Å²) in [5.41, 5.74) is 0. The number of ether oxygens (including phenoxy) is 1. The molecule has 2 aromatic rings. The molecule has 108 valence electrons. The van der Waals surface area contributed by atoms with Crippen molar-refractivity contribution in [2.75, 3.05) is 26.2 Å². The van der Waals surface area contributed by atoms with Crippen molar-refractivity contribution in [3.63, 3.8) is 0 Å². The zero-order chi connectivity index (χ0) is 14.4. The van der Waals surface area contributed by atoms with E-state index in [1.165, 1.54) is 0 Å². The Bertz CT molecular complexity index is 552. The molecule has 0 aliphatic rings. The minimum Gasteiger partial charge on any atom is -0.493 e. The Morgan fingerprint density at radius 3 is 2.40 bits per heavy atom. The van der Waals surface area contributed by atoms with Crippen molar-refractivity contribution in [3.8, 4) is 5.75 Å². The number of benzene rings is 2. The summed E-state index contributed by atoms with van der Waals surface area (Å²) in [4.78, 5) is 2.41. The van der Waals surface area contributed by atoms with Crippen LogP contribution in [0.3, 0.4) is 0 Å². The third-order valence-electron chi connectivity index (χ3n) is 3.60. The molecule has 0 heterocycles. The van der Waals surface area contributed by atoms with Gasteiger partial charge in [0.05, 0.1) is 6.61 Å². The van der Waals surface area contributed by atoms with Crippen LogP contribution in [0.25, 0.3) is 10.8 Å². The van der Waals surface area contributed by atoms with E-state index in [1.54, 1.807) is 0 Å². The summed E-state index contributed by atoms with van der Waals surface area (Å²) in [5, 5.41) is 2.91. The van der Waals surface area contributed by atoms with E-state index in [4.69, 9.17) is 16.3 Å². The predicted molar refractivity (Wildman–Crippen MR) is 86.9 cm³/mol. The minimum absolute atomic E-state index is 0.738. The Hall–Kier alpha value is -1.25. The lowest BCUT2D eigenvalue weighted by atomic mass is 10.1. The predicted octanol–water partition coefficient (Wildman–Crippen LogP) is 4.60. The maximum Gasteiger partial charge on any atom is 0.127 e. The fourth-order valence-electron chi connectivity index (χ4n) is 2.37. The topological polar surface area (TPSA) is 12.5 Å². The summed E-state index contributed by atoms with van der Waals surface area (Å²) in [6.45, 7) is 8.40. The first-order chi connectivity index (χ1) is 9.76.